The summed E-state index contributed by atoms with van der Waals surface area (Å²) in [6.45, 7) is 4.57. The highest BCUT2D eigenvalue weighted by Gasteiger charge is 2.14. The average Bonchev–Trinajstić information content (AvgIpc) is 2.65. The molecule has 0 aliphatic rings. The molecule has 0 saturated carbocycles. The van der Waals surface area contributed by atoms with Crippen molar-refractivity contribution in [1.29, 1.82) is 0 Å². The summed E-state index contributed by atoms with van der Waals surface area (Å²) in [5.41, 5.74) is -0.157. The highest BCUT2D eigenvalue weighted by molar-refractivity contribution is 7.99. The number of aromatic nitrogens is 3. The van der Waals surface area contributed by atoms with Gasteiger partial charge in [-0.25, -0.2) is 9.89 Å². The molecule has 7 heteroatoms. The van der Waals surface area contributed by atoms with Crippen LogP contribution in [-0.4, -0.2) is 47.3 Å². The van der Waals surface area contributed by atoms with Gasteiger partial charge in [-0.3, -0.25) is 4.57 Å². The Balaban J connectivity index is 2.65. The Hall–Kier alpha value is -0.790. The zero-order chi connectivity index (χ0) is 12.8. The molecule has 0 aliphatic heterocycles. The molecule has 1 aromatic rings. The molecule has 1 atom stereocenters. The van der Waals surface area contributed by atoms with E-state index in [0.29, 0.717) is 6.61 Å². The minimum atomic E-state index is -0.157. The van der Waals surface area contributed by atoms with Crippen LogP contribution in [0.2, 0.25) is 0 Å². The molecule has 0 fully saturated rings. The summed E-state index contributed by atoms with van der Waals surface area (Å²) in [4.78, 5) is 11.5. The predicted molar refractivity (Wildman–Crippen MR) is 68.7 cm³/mol. The van der Waals surface area contributed by atoms with Gasteiger partial charge in [0.05, 0.1) is 6.61 Å². The van der Waals surface area contributed by atoms with Crippen molar-refractivity contribution in [2.75, 3.05) is 26.5 Å². The van der Waals surface area contributed by atoms with Crippen molar-refractivity contribution in [1.82, 2.24) is 20.1 Å². The molecule has 0 bridgehead atoms. The molecule has 6 nitrogen and oxygen atoms in total. The molecule has 98 valence electrons. The third-order valence-corrected chi connectivity index (χ3v) is 3.49. The lowest BCUT2D eigenvalue weighted by Gasteiger charge is -2.15. The third kappa shape index (κ3) is 3.86. The molecule has 17 heavy (non-hydrogen) atoms. The highest BCUT2D eigenvalue weighted by Crippen LogP contribution is 2.17. The molecule has 1 heterocycles. The molecule has 1 rings (SSSR count). The first-order valence-electron chi connectivity index (χ1n) is 5.56. The van der Waals surface area contributed by atoms with E-state index in [1.54, 1.807) is 23.4 Å². The van der Waals surface area contributed by atoms with E-state index in [1.807, 2.05) is 20.9 Å². The number of hydrogen-bond donors (Lipinski definition) is 2. The smallest absolute Gasteiger partial charge is 0.344 e. The monoisotopic (exact) mass is 260 g/mol. The van der Waals surface area contributed by atoms with Gasteiger partial charge < -0.3 is 10.1 Å². The van der Waals surface area contributed by atoms with Crippen LogP contribution in [0, 0.1) is 0 Å². The number of likely N-dealkylation sites (N-methyl/N-ethyl adjacent to an activating group) is 1. The number of ether oxygens (including phenoxy) is 1. The van der Waals surface area contributed by atoms with Crippen LogP contribution in [0.25, 0.3) is 0 Å². The van der Waals surface area contributed by atoms with E-state index in [2.05, 4.69) is 15.5 Å². The number of nitrogens with zero attached hydrogens (tertiary/aromatic N) is 2. The van der Waals surface area contributed by atoms with Gasteiger partial charge in [-0.2, -0.15) is 0 Å². The van der Waals surface area contributed by atoms with Crippen LogP contribution in [-0.2, 0) is 4.74 Å². The number of methoxy groups -OCH3 is 1. The number of rotatable bonds is 7. The second-order valence-electron chi connectivity index (χ2n) is 4.03. The van der Waals surface area contributed by atoms with Gasteiger partial charge >= 0.3 is 5.69 Å². The summed E-state index contributed by atoms with van der Waals surface area (Å²) in [5, 5.41) is 10.4. The topological polar surface area (TPSA) is 71.9 Å². The van der Waals surface area contributed by atoms with E-state index in [4.69, 9.17) is 4.74 Å². The van der Waals surface area contributed by atoms with E-state index in [-0.39, 0.29) is 17.8 Å². The van der Waals surface area contributed by atoms with Gasteiger partial charge in [-0.05, 0) is 20.9 Å². The zero-order valence-corrected chi connectivity index (χ0v) is 11.5. The molecule has 0 aliphatic carbocycles. The maximum Gasteiger partial charge on any atom is 0.344 e. The molecule has 0 saturated heterocycles. The van der Waals surface area contributed by atoms with E-state index >= 15 is 0 Å². The second-order valence-corrected chi connectivity index (χ2v) is 5.01. The number of hydrogen-bond acceptors (Lipinski definition) is 5. The molecule has 1 unspecified atom stereocenters. The van der Waals surface area contributed by atoms with Crippen molar-refractivity contribution in [2.45, 2.75) is 31.1 Å². The Morgan fingerprint density at radius 2 is 2.29 bits per heavy atom. The number of H-pyrrole nitrogens is 1. The lowest BCUT2D eigenvalue weighted by atomic mass is 10.4. The van der Waals surface area contributed by atoms with Crippen molar-refractivity contribution >= 4 is 11.8 Å². The van der Waals surface area contributed by atoms with Gasteiger partial charge in [0.1, 0.15) is 0 Å². The van der Waals surface area contributed by atoms with Crippen molar-refractivity contribution < 1.29 is 4.74 Å². The van der Waals surface area contributed by atoms with E-state index < -0.39 is 0 Å². The first-order chi connectivity index (χ1) is 8.10. The zero-order valence-electron chi connectivity index (χ0n) is 10.7. The van der Waals surface area contributed by atoms with Gasteiger partial charge in [0.2, 0.25) is 0 Å². The molecule has 1 aromatic heterocycles. The lowest BCUT2D eigenvalue weighted by molar-refractivity contribution is 0.177. The summed E-state index contributed by atoms with van der Waals surface area (Å²) in [6.07, 6.45) is 0. The fourth-order valence-electron chi connectivity index (χ4n) is 1.44. The first kappa shape index (κ1) is 14.3. The van der Waals surface area contributed by atoms with Gasteiger partial charge in [-0.1, -0.05) is 11.8 Å². The Labute approximate surface area is 105 Å². The van der Waals surface area contributed by atoms with Crippen molar-refractivity contribution in [3.63, 3.8) is 0 Å². The van der Waals surface area contributed by atoms with Crippen LogP contribution in [0.5, 0.6) is 0 Å². The van der Waals surface area contributed by atoms with Crippen LogP contribution in [0.3, 0.4) is 0 Å². The van der Waals surface area contributed by atoms with Crippen LogP contribution in [0.15, 0.2) is 9.95 Å². The molecule has 0 amide bonds. The summed E-state index contributed by atoms with van der Waals surface area (Å²) >= 11 is 1.55. The SMILES string of the molecule is CNC(COC)CSc1n[nH]c(=O)n1C(C)C. The molecule has 0 aromatic carbocycles. The largest absolute Gasteiger partial charge is 0.383 e. The Morgan fingerprint density at radius 3 is 2.82 bits per heavy atom. The van der Waals surface area contributed by atoms with Crippen LogP contribution in [0.1, 0.15) is 19.9 Å². The van der Waals surface area contributed by atoms with Crippen LogP contribution >= 0.6 is 11.8 Å². The van der Waals surface area contributed by atoms with E-state index in [1.165, 1.54) is 0 Å². The molecule has 0 radical (unpaired) electrons. The normalized spacial score (nSPS) is 13.2. The van der Waals surface area contributed by atoms with Gasteiger partial charge in [0, 0.05) is 24.9 Å². The molecule has 2 N–H and O–H groups in total. The Kier molecular flexibility index (Phi) is 5.73. The molecular weight excluding hydrogens is 240 g/mol. The van der Waals surface area contributed by atoms with Crippen molar-refractivity contribution in [3.05, 3.63) is 10.5 Å². The quantitative estimate of drug-likeness (QED) is 0.698. The predicted octanol–water partition coefficient (Wildman–Crippen LogP) is 0.479. The van der Waals surface area contributed by atoms with E-state index in [9.17, 15) is 4.79 Å². The van der Waals surface area contributed by atoms with E-state index in [0.717, 1.165) is 10.9 Å². The lowest BCUT2D eigenvalue weighted by Crippen LogP contribution is -2.32. The third-order valence-electron chi connectivity index (χ3n) is 2.38. The average molecular weight is 260 g/mol. The standard InChI is InChI=1S/C10H20N4O2S/c1-7(2)14-9(15)12-13-10(14)17-6-8(11-3)5-16-4/h7-8,11H,5-6H2,1-4H3,(H,12,15). The fraction of sp³-hybridized carbons (Fsp3) is 0.800. The maximum atomic E-state index is 11.5. The van der Waals surface area contributed by atoms with Gasteiger partial charge in [0.15, 0.2) is 5.16 Å². The molecular formula is C10H20N4O2S. The second kappa shape index (κ2) is 6.83. The first-order valence-corrected chi connectivity index (χ1v) is 6.54. The minimum Gasteiger partial charge on any atom is -0.383 e. The minimum absolute atomic E-state index is 0.110. The summed E-state index contributed by atoms with van der Waals surface area (Å²) in [5.74, 6) is 0.807. The summed E-state index contributed by atoms with van der Waals surface area (Å²) in [6, 6.07) is 0.358. The van der Waals surface area contributed by atoms with Crippen molar-refractivity contribution in [2.24, 2.45) is 0 Å². The molecule has 0 spiro atoms. The highest BCUT2D eigenvalue weighted by atomic mass is 32.2. The van der Waals surface area contributed by atoms with Crippen LogP contribution in [0.4, 0.5) is 0 Å². The Morgan fingerprint density at radius 1 is 1.59 bits per heavy atom. The number of nitrogens with one attached hydrogen (secondary N) is 2. The number of aromatic amines is 1. The number of thioether (sulfide) groups is 1. The van der Waals surface area contributed by atoms with Crippen LogP contribution < -0.4 is 11.0 Å². The fourth-order valence-corrected chi connectivity index (χ4v) is 2.59. The maximum absolute atomic E-state index is 11.5. The van der Waals surface area contributed by atoms with Gasteiger partial charge in [-0.15, -0.1) is 5.10 Å². The van der Waals surface area contributed by atoms with Gasteiger partial charge in [0.25, 0.3) is 0 Å². The summed E-state index contributed by atoms with van der Waals surface area (Å²) in [7, 11) is 3.57. The summed E-state index contributed by atoms with van der Waals surface area (Å²) < 4.78 is 6.75. The Bertz CT molecular complexity index is 388. The van der Waals surface area contributed by atoms with Crippen molar-refractivity contribution in [3.8, 4) is 0 Å².